The van der Waals surface area contributed by atoms with Gasteiger partial charge < -0.3 is 15.5 Å². The highest BCUT2D eigenvalue weighted by Gasteiger charge is 2.19. The molecule has 0 radical (unpaired) electrons. The van der Waals surface area contributed by atoms with Crippen molar-refractivity contribution >= 4 is 35.6 Å². The zero-order chi connectivity index (χ0) is 18.4. The second-order valence-electron chi connectivity index (χ2n) is 7.12. The Morgan fingerprint density at radius 3 is 2.12 bits per heavy atom. The monoisotopic (exact) mass is 477 g/mol. The number of piperazine rings is 1. The number of nitrogens with two attached hydrogens (primary N) is 1. The SMILES string of the molecule is CC(C)N(CCN=C(N)N1CCN(c2ccc(F)cc2)CC1)C(C)C.I. The molecule has 1 aliphatic rings. The molecule has 1 saturated heterocycles. The number of aliphatic imine (C=N–C) groups is 1. The maximum absolute atomic E-state index is 13.0. The van der Waals surface area contributed by atoms with Crippen LogP contribution in [0.25, 0.3) is 0 Å². The molecule has 0 atom stereocenters. The second kappa shape index (κ2) is 10.9. The van der Waals surface area contributed by atoms with Gasteiger partial charge in [-0.25, -0.2) is 4.39 Å². The number of halogens is 2. The first-order valence-electron chi connectivity index (χ1n) is 9.19. The van der Waals surface area contributed by atoms with Gasteiger partial charge in [0, 0.05) is 50.5 Å². The predicted molar refractivity (Wildman–Crippen MR) is 119 cm³/mol. The number of anilines is 1. The van der Waals surface area contributed by atoms with Crippen molar-refractivity contribution in [1.82, 2.24) is 9.80 Å². The van der Waals surface area contributed by atoms with Crippen molar-refractivity contribution in [2.75, 3.05) is 44.2 Å². The molecule has 7 heteroatoms. The summed E-state index contributed by atoms with van der Waals surface area (Å²) in [6.07, 6.45) is 0. The molecule has 0 spiro atoms. The quantitative estimate of drug-likeness (QED) is 0.389. The standard InChI is InChI=1S/C19H32FN5.HI/c1-15(2)25(16(3)4)10-9-22-19(21)24-13-11-23(12-14-24)18-7-5-17(20)6-8-18;/h5-8,15-16H,9-14H2,1-4H3,(H2,21,22);1H. The topological polar surface area (TPSA) is 48.1 Å². The minimum atomic E-state index is -0.199. The molecule has 26 heavy (non-hydrogen) atoms. The molecule has 0 bridgehead atoms. The van der Waals surface area contributed by atoms with Crippen molar-refractivity contribution in [3.8, 4) is 0 Å². The summed E-state index contributed by atoms with van der Waals surface area (Å²) in [6.45, 7) is 13.9. The smallest absolute Gasteiger partial charge is 0.191 e. The van der Waals surface area contributed by atoms with Gasteiger partial charge in [-0.1, -0.05) is 0 Å². The van der Waals surface area contributed by atoms with Crippen LogP contribution < -0.4 is 10.6 Å². The van der Waals surface area contributed by atoms with Crippen LogP contribution in [0.1, 0.15) is 27.7 Å². The molecule has 0 aromatic heterocycles. The molecule has 1 aromatic carbocycles. The number of guanidine groups is 1. The third kappa shape index (κ3) is 6.57. The van der Waals surface area contributed by atoms with Gasteiger partial charge in [-0.15, -0.1) is 24.0 Å². The molecule has 0 unspecified atom stereocenters. The van der Waals surface area contributed by atoms with E-state index in [4.69, 9.17) is 5.73 Å². The lowest BCUT2D eigenvalue weighted by atomic mass is 10.2. The van der Waals surface area contributed by atoms with Gasteiger partial charge in [0.25, 0.3) is 0 Å². The van der Waals surface area contributed by atoms with Crippen LogP contribution in [0.2, 0.25) is 0 Å². The molecular formula is C19H33FIN5. The van der Waals surface area contributed by atoms with E-state index in [-0.39, 0.29) is 29.8 Å². The number of rotatable bonds is 6. The normalized spacial score (nSPS) is 15.8. The van der Waals surface area contributed by atoms with Gasteiger partial charge in [0.1, 0.15) is 5.82 Å². The number of benzene rings is 1. The van der Waals surface area contributed by atoms with Crippen LogP contribution in [-0.4, -0.2) is 67.1 Å². The largest absolute Gasteiger partial charge is 0.370 e. The minimum absolute atomic E-state index is 0. The zero-order valence-corrected chi connectivity index (χ0v) is 18.7. The van der Waals surface area contributed by atoms with Crippen molar-refractivity contribution in [1.29, 1.82) is 0 Å². The average Bonchev–Trinajstić information content (AvgIpc) is 2.58. The van der Waals surface area contributed by atoms with Crippen LogP contribution in [0.15, 0.2) is 29.3 Å². The molecule has 5 nitrogen and oxygen atoms in total. The van der Waals surface area contributed by atoms with E-state index in [1.165, 1.54) is 12.1 Å². The first-order chi connectivity index (χ1) is 11.9. The van der Waals surface area contributed by atoms with Crippen molar-refractivity contribution in [3.05, 3.63) is 30.1 Å². The molecule has 0 amide bonds. The Morgan fingerprint density at radius 1 is 1.08 bits per heavy atom. The van der Waals surface area contributed by atoms with Gasteiger partial charge in [0.15, 0.2) is 5.96 Å². The van der Waals surface area contributed by atoms with Crippen molar-refractivity contribution in [2.24, 2.45) is 10.7 Å². The third-order valence-corrected chi connectivity index (χ3v) is 4.75. The van der Waals surface area contributed by atoms with E-state index in [0.29, 0.717) is 18.0 Å². The highest BCUT2D eigenvalue weighted by atomic mass is 127. The fourth-order valence-corrected chi connectivity index (χ4v) is 3.34. The molecule has 1 aliphatic heterocycles. The Bertz CT molecular complexity index is 546. The van der Waals surface area contributed by atoms with Gasteiger partial charge in [0.2, 0.25) is 0 Å². The molecular weight excluding hydrogens is 444 g/mol. The Kier molecular flexibility index (Phi) is 9.63. The summed E-state index contributed by atoms with van der Waals surface area (Å²) in [4.78, 5) is 11.4. The van der Waals surface area contributed by atoms with Gasteiger partial charge in [0.05, 0.1) is 6.54 Å². The lowest BCUT2D eigenvalue weighted by molar-refractivity contribution is 0.180. The molecule has 1 heterocycles. The van der Waals surface area contributed by atoms with Gasteiger partial charge >= 0.3 is 0 Å². The summed E-state index contributed by atoms with van der Waals surface area (Å²) in [6, 6.07) is 7.69. The number of hydrogen-bond donors (Lipinski definition) is 1. The third-order valence-electron chi connectivity index (χ3n) is 4.75. The molecule has 148 valence electrons. The first kappa shape index (κ1) is 23.0. The van der Waals surface area contributed by atoms with Crippen LogP contribution in [0.3, 0.4) is 0 Å². The van der Waals surface area contributed by atoms with Crippen molar-refractivity contribution in [3.63, 3.8) is 0 Å². The summed E-state index contributed by atoms with van der Waals surface area (Å²) in [7, 11) is 0. The van der Waals surface area contributed by atoms with E-state index in [1.807, 2.05) is 12.1 Å². The maximum atomic E-state index is 13.0. The van der Waals surface area contributed by atoms with E-state index in [1.54, 1.807) is 0 Å². The lowest BCUT2D eigenvalue weighted by Crippen LogP contribution is -2.51. The van der Waals surface area contributed by atoms with E-state index in [9.17, 15) is 4.39 Å². The highest BCUT2D eigenvalue weighted by molar-refractivity contribution is 14.0. The van der Waals surface area contributed by atoms with Crippen LogP contribution in [0.5, 0.6) is 0 Å². The van der Waals surface area contributed by atoms with E-state index >= 15 is 0 Å². The Labute approximate surface area is 174 Å². The highest BCUT2D eigenvalue weighted by Crippen LogP contribution is 2.16. The summed E-state index contributed by atoms with van der Waals surface area (Å²) in [5, 5.41) is 0. The summed E-state index contributed by atoms with van der Waals surface area (Å²) >= 11 is 0. The molecule has 0 saturated carbocycles. The molecule has 2 rings (SSSR count). The van der Waals surface area contributed by atoms with E-state index in [0.717, 1.165) is 45.0 Å². The average molecular weight is 477 g/mol. The molecule has 2 N–H and O–H groups in total. The lowest BCUT2D eigenvalue weighted by Gasteiger charge is -2.36. The number of hydrogen-bond acceptors (Lipinski definition) is 3. The van der Waals surface area contributed by atoms with Crippen LogP contribution in [0, 0.1) is 5.82 Å². The van der Waals surface area contributed by atoms with Crippen LogP contribution >= 0.6 is 24.0 Å². The predicted octanol–water partition coefficient (Wildman–Crippen LogP) is 3.00. The van der Waals surface area contributed by atoms with Gasteiger partial charge in [-0.3, -0.25) is 9.89 Å². The van der Waals surface area contributed by atoms with Crippen LogP contribution in [0.4, 0.5) is 10.1 Å². The number of nitrogens with zero attached hydrogens (tertiary/aromatic N) is 4. The van der Waals surface area contributed by atoms with Crippen molar-refractivity contribution < 1.29 is 4.39 Å². The zero-order valence-electron chi connectivity index (χ0n) is 16.4. The molecule has 1 aromatic rings. The van der Waals surface area contributed by atoms with Gasteiger partial charge in [-0.05, 0) is 52.0 Å². The van der Waals surface area contributed by atoms with Gasteiger partial charge in [-0.2, -0.15) is 0 Å². The second-order valence-corrected chi connectivity index (χ2v) is 7.12. The fraction of sp³-hybridized carbons (Fsp3) is 0.632. The van der Waals surface area contributed by atoms with Crippen LogP contribution in [-0.2, 0) is 0 Å². The molecule has 1 fully saturated rings. The Morgan fingerprint density at radius 2 is 1.62 bits per heavy atom. The Hall–Kier alpha value is -1.09. The fourth-order valence-electron chi connectivity index (χ4n) is 3.34. The molecule has 0 aliphatic carbocycles. The maximum Gasteiger partial charge on any atom is 0.191 e. The summed E-state index contributed by atoms with van der Waals surface area (Å²) in [5.74, 6) is 0.432. The first-order valence-corrected chi connectivity index (χ1v) is 9.19. The minimum Gasteiger partial charge on any atom is -0.370 e. The summed E-state index contributed by atoms with van der Waals surface area (Å²) < 4.78 is 13.0. The van der Waals surface area contributed by atoms with E-state index < -0.39 is 0 Å². The van der Waals surface area contributed by atoms with E-state index in [2.05, 4.69) is 47.4 Å². The summed E-state index contributed by atoms with van der Waals surface area (Å²) in [5.41, 5.74) is 7.24. The Balaban J connectivity index is 0.00000338. The van der Waals surface area contributed by atoms with Crippen molar-refractivity contribution in [2.45, 2.75) is 39.8 Å².